The second-order valence-electron chi connectivity index (χ2n) is 4.64. The third-order valence-corrected chi connectivity index (χ3v) is 3.23. The number of hydrogen-bond acceptors (Lipinski definition) is 4. The van der Waals surface area contributed by atoms with E-state index >= 15 is 0 Å². The van der Waals surface area contributed by atoms with Crippen molar-refractivity contribution in [3.05, 3.63) is 24.3 Å². The summed E-state index contributed by atoms with van der Waals surface area (Å²) >= 11 is 0. The molecule has 4 nitrogen and oxygen atoms in total. The lowest BCUT2D eigenvalue weighted by Crippen LogP contribution is -2.37. The molecule has 1 unspecified atom stereocenters. The number of rotatable bonds is 9. The summed E-state index contributed by atoms with van der Waals surface area (Å²) in [4.78, 5) is 0. The van der Waals surface area contributed by atoms with Gasteiger partial charge < -0.3 is 20.3 Å². The van der Waals surface area contributed by atoms with Gasteiger partial charge in [0.2, 0.25) is 0 Å². The molecule has 1 atom stereocenters. The molecule has 0 heterocycles. The van der Waals surface area contributed by atoms with Crippen molar-refractivity contribution in [2.45, 2.75) is 38.7 Å². The van der Waals surface area contributed by atoms with Crippen LogP contribution in [0.15, 0.2) is 24.3 Å². The van der Waals surface area contributed by atoms with Crippen LogP contribution in [0, 0.1) is 0 Å². The van der Waals surface area contributed by atoms with Gasteiger partial charge in [-0.15, -0.1) is 0 Å². The number of hydrogen-bond donors (Lipinski definition) is 2. The lowest BCUT2D eigenvalue weighted by Gasteiger charge is -2.24. The number of aliphatic hydroxyl groups is 1. The molecule has 0 aromatic heterocycles. The Morgan fingerprint density at radius 1 is 1.11 bits per heavy atom. The number of ether oxygens (including phenoxy) is 2. The van der Waals surface area contributed by atoms with Gasteiger partial charge in [-0.1, -0.05) is 6.92 Å². The molecule has 0 aliphatic rings. The normalized spacial score (nSPS) is 13.9. The zero-order valence-electron chi connectivity index (χ0n) is 11.9. The first-order valence-electron chi connectivity index (χ1n) is 6.91. The van der Waals surface area contributed by atoms with Gasteiger partial charge in [0, 0.05) is 6.54 Å². The van der Waals surface area contributed by atoms with Crippen LogP contribution >= 0.6 is 0 Å². The van der Waals surface area contributed by atoms with E-state index in [1.54, 1.807) is 0 Å². The molecule has 0 saturated heterocycles. The van der Waals surface area contributed by atoms with Crippen LogP contribution in [0.5, 0.6) is 11.5 Å². The molecule has 4 heteroatoms. The maximum absolute atomic E-state index is 10.0. The quantitative estimate of drug-likeness (QED) is 0.674. The van der Waals surface area contributed by atoms with Crippen molar-refractivity contribution < 1.29 is 14.6 Å². The Kier molecular flexibility index (Phi) is 6.67. The summed E-state index contributed by atoms with van der Waals surface area (Å²) in [5.41, 5.74) is 4.80. The SMILES string of the molecule is CCOc1ccc(OCCCC(O)(CC)CN)cc1. The number of nitrogens with two attached hydrogens (primary N) is 1. The molecule has 0 saturated carbocycles. The highest BCUT2D eigenvalue weighted by molar-refractivity contribution is 5.31. The maximum atomic E-state index is 10.0. The van der Waals surface area contributed by atoms with Gasteiger partial charge in [-0.3, -0.25) is 0 Å². The Morgan fingerprint density at radius 3 is 2.16 bits per heavy atom. The van der Waals surface area contributed by atoms with E-state index < -0.39 is 5.60 Å². The topological polar surface area (TPSA) is 64.7 Å². The van der Waals surface area contributed by atoms with Crippen molar-refractivity contribution in [1.82, 2.24) is 0 Å². The van der Waals surface area contributed by atoms with Gasteiger partial charge in [0.15, 0.2) is 0 Å². The van der Waals surface area contributed by atoms with Crippen molar-refractivity contribution in [2.75, 3.05) is 19.8 Å². The molecule has 0 aliphatic carbocycles. The summed E-state index contributed by atoms with van der Waals surface area (Å²) in [6.07, 6.45) is 2.12. The largest absolute Gasteiger partial charge is 0.494 e. The van der Waals surface area contributed by atoms with Crippen LogP contribution < -0.4 is 15.2 Å². The van der Waals surface area contributed by atoms with E-state index in [1.807, 2.05) is 38.1 Å². The minimum atomic E-state index is -0.748. The summed E-state index contributed by atoms with van der Waals surface area (Å²) in [6, 6.07) is 7.56. The molecule has 0 bridgehead atoms. The average molecular weight is 267 g/mol. The highest BCUT2D eigenvalue weighted by Gasteiger charge is 2.21. The van der Waals surface area contributed by atoms with Gasteiger partial charge in [0.05, 0.1) is 18.8 Å². The van der Waals surface area contributed by atoms with Crippen LogP contribution in [0.4, 0.5) is 0 Å². The predicted molar refractivity (Wildman–Crippen MR) is 76.6 cm³/mol. The van der Waals surface area contributed by atoms with Crippen molar-refractivity contribution >= 4 is 0 Å². The van der Waals surface area contributed by atoms with Gasteiger partial charge >= 0.3 is 0 Å². The number of benzene rings is 1. The molecule has 19 heavy (non-hydrogen) atoms. The first-order chi connectivity index (χ1) is 9.13. The molecular formula is C15H25NO3. The van der Waals surface area contributed by atoms with Crippen molar-refractivity contribution in [3.63, 3.8) is 0 Å². The molecule has 1 aromatic carbocycles. The molecule has 0 spiro atoms. The zero-order chi connectivity index (χ0) is 14.1. The first-order valence-corrected chi connectivity index (χ1v) is 6.91. The van der Waals surface area contributed by atoms with Gasteiger partial charge in [-0.2, -0.15) is 0 Å². The third-order valence-electron chi connectivity index (χ3n) is 3.23. The van der Waals surface area contributed by atoms with E-state index in [2.05, 4.69) is 0 Å². The van der Waals surface area contributed by atoms with Crippen LogP contribution in [-0.2, 0) is 0 Å². The lowest BCUT2D eigenvalue weighted by atomic mass is 9.95. The van der Waals surface area contributed by atoms with Gasteiger partial charge in [-0.25, -0.2) is 0 Å². The van der Waals surface area contributed by atoms with Crippen molar-refractivity contribution in [1.29, 1.82) is 0 Å². The fourth-order valence-electron chi connectivity index (χ4n) is 1.81. The monoisotopic (exact) mass is 267 g/mol. The predicted octanol–water partition coefficient (Wildman–Crippen LogP) is 2.34. The van der Waals surface area contributed by atoms with Gasteiger partial charge in [0.25, 0.3) is 0 Å². The smallest absolute Gasteiger partial charge is 0.119 e. The van der Waals surface area contributed by atoms with Crippen LogP contribution in [-0.4, -0.2) is 30.5 Å². The van der Waals surface area contributed by atoms with E-state index in [9.17, 15) is 5.11 Å². The van der Waals surface area contributed by atoms with E-state index in [-0.39, 0.29) is 0 Å². The summed E-state index contributed by atoms with van der Waals surface area (Å²) in [7, 11) is 0. The Labute approximate surface area is 115 Å². The molecular weight excluding hydrogens is 242 g/mol. The summed E-state index contributed by atoms with van der Waals surface area (Å²) in [5, 5.41) is 10.0. The molecule has 0 aliphatic heterocycles. The van der Waals surface area contributed by atoms with Crippen LogP contribution in [0.25, 0.3) is 0 Å². The average Bonchev–Trinajstić information content (AvgIpc) is 2.45. The summed E-state index contributed by atoms with van der Waals surface area (Å²) < 4.78 is 11.0. The Bertz CT molecular complexity index is 347. The van der Waals surface area contributed by atoms with Crippen LogP contribution in [0.2, 0.25) is 0 Å². The van der Waals surface area contributed by atoms with Crippen molar-refractivity contribution in [3.8, 4) is 11.5 Å². The molecule has 0 radical (unpaired) electrons. The standard InChI is InChI=1S/C15H25NO3/c1-3-15(17,12-16)10-5-11-19-14-8-6-13(7-9-14)18-4-2/h6-9,17H,3-5,10-12,16H2,1-2H3. The molecule has 1 rings (SSSR count). The maximum Gasteiger partial charge on any atom is 0.119 e. The Hall–Kier alpha value is -1.26. The first kappa shape index (κ1) is 15.8. The lowest BCUT2D eigenvalue weighted by molar-refractivity contribution is 0.0309. The summed E-state index contributed by atoms with van der Waals surface area (Å²) in [6.45, 7) is 5.44. The molecule has 0 fully saturated rings. The Balaban J connectivity index is 2.29. The van der Waals surface area contributed by atoms with E-state index in [0.717, 1.165) is 17.9 Å². The Morgan fingerprint density at radius 2 is 1.68 bits per heavy atom. The summed E-state index contributed by atoms with van der Waals surface area (Å²) in [5.74, 6) is 1.66. The third kappa shape index (κ3) is 5.49. The zero-order valence-corrected chi connectivity index (χ0v) is 11.9. The fourth-order valence-corrected chi connectivity index (χ4v) is 1.81. The van der Waals surface area contributed by atoms with E-state index in [0.29, 0.717) is 32.6 Å². The molecule has 0 amide bonds. The molecule has 108 valence electrons. The van der Waals surface area contributed by atoms with Crippen LogP contribution in [0.3, 0.4) is 0 Å². The molecule has 3 N–H and O–H groups in total. The fraction of sp³-hybridized carbons (Fsp3) is 0.600. The van der Waals surface area contributed by atoms with Gasteiger partial charge in [0.1, 0.15) is 11.5 Å². The highest BCUT2D eigenvalue weighted by Crippen LogP contribution is 2.19. The van der Waals surface area contributed by atoms with Crippen molar-refractivity contribution in [2.24, 2.45) is 5.73 Å². The minimum Gasteiger partial charge on any atom is -0.494 e. The van der Waals surface area contributed by atoms with Crippen LogP contribution in [0.1, 0.15) is 33.1 Å². The second kappa shape index (κ2) is 8.02. The molecule has 1 aromatic rings. The second-order valence-corrected chi connectivity index (χ2v) is 4.64. The van der Waals surface area contributed by atoms with E-state index in [4.69, 9.17) is 15.2 Å². The highest BCUT2D eigenvalue weighted by atomic mass is 16.5. The van der Waals surface area contributed by atoms with E-state index in [1.165, 1.54) is 0 Å². The minimum absolute atomic E-state index is 0.298. The van der Waals surface area contributed by atoms with Gasteiger partial charge in [-0.05, 0) is 50.5 Å².